The predicted molar refractivity (Wildman–Crippen MR) is 58.7 cm³/mol. The van der Waals surface area contributed by atoms with E-state index in [1.54, 1.807) is 14.2 Å². The lowest BCUT2D eigenvalue weighted by molar-refractivity contribution is -0.216. The Labute approximate surface area is 92.8 Å². The van der Waals surface area contributed by atoms with Gasteiger partial charge in [-0.05, 0) is 18.7 Å². The van der Waals surface area contributed by atoms with Crippen LogP contribution in [-0.2, 0) is 15.3 Å². The highest BCUT2D eigenvalue weighted by molar-refractivity contribution is 7.16. The fraction of sp³-hybridized carbons (Fsp3) is 0.556. The highest BCUT2D eigenvalue weighted by Gasteiger charge is 2.32. The first-order chi connectivity index (χ1) is 6.68. The summed E-state index contributed by atoms with van der Waals surface area (Å²) < 4.78 is 11.5. The lowest BCUT2D eigenvalue weighted by Crippen LogP contribution is -2.32. The Bertz CT molecular complexity index is 286. The molecule has 0 aliphatic heterocycles. The van der Waals surface area contributed by atoms with Crippen LogP contribution in [0.5, 0.6) is 0 Å². The average molecular weight is 236 g/mol. The van der Waals surface area contributed by atoms with E-state index in [1.165, 1.54) is 11.3 Å². The summed E-state index contributed by atoms with van der Waals surface area (Å²) in [6.45, 7) is 0.497. The highest BCUT2D eigenvalue weighted by Crippen LogP contribution is 2.36. The van der Waals surface area contributed by atoms with E-state index >= 15 is 0 Å². The van der Waals surface area contributed by atoms with Crippen LogP contribution in [0.1, 0.15) is 11.3 Å². The van der Waals surface area contributed by atoms with Gasteiger partial charge in [-0.15, -0.1) is 11.3 Å². The second kappa shape index (κ2) is 5.09. The number of ether oxygens (including phenoxy) is 2. The fourth-order valence-corrected chi connectivity index (χ4v) is 2.54. The molecular formula is C9H14ClNO2S. The van der Waals surface area contributed by atoms with E-state index in [-0.39, 0.29) is 0 Å². The van der Waals surface area contributed by atoms with Crippen LogP contribution < -0.4 is 5.73 Å². The van der Waals surface area contributed by atoms with Crippen LogP contribution in [0.15, 0.2) is 12.1 Å². The summed E-state index contributed by atoms with van der Waals surface area (Å²) in [5, 5.41) is 0. The van der Waals surface area contributed by atoms with Gasteiger partial charge in [0.05, 0.1) is 9.21 Å². The van der Waals surface area contributed by atoms with Gasteiger partial charge in [0.1, 0.15) is 0 Å². The molecule has 0 aliphatic rings. The molecule has 14 heavy (non-hydrogen) atoms. The van der Waals surface area contributed by atoms with Gasteiger partial charge < -0.3 is 15.2 Å². The molecule has 1 aromatic heterocycles. The van der Waals surface area contributed by atoms with Crippen molar-refractivity contribution in [3.8, 4) is 0 Å². The second-order valence-electron chi connectivity index (χ2n) is 2.80. The molecule has 1 rings (SSSR count). The van der Waals surface area contributed by atoms with Crippen molar-refractivity contribution in [2.75, 3.05) is 20.8 Å². The van der Waals surface area contributed by atoms with E-state index in [1.807, 2.05) is 12.1 Å². The van der Waals surface area contributed by atoms with Crippen molar-refractivity contribution in [3.05, 3.63) is 21.3 Å². The van der Waals surface area contributed by atoms with Crippen LogP contribution in [0.3, 0.4) is 0 Å². The zero-order valence-electron chi connectivity index (χ0n) is 8.25. The molecule has 0 saturated carbocycles. The molecule has 0 saturated heterocycles. The van der Waals surface area contributed by atoms with Gasteiger partial charge in [-0.3, -0.25) is 0 Å². The Kier molecular flexibility index (Phi) is 4.34. The zero-order valence-corrected chi connectivity index (χ0v) is 9.82. The maximum atomic E-state index is 5.86. The molecule has 2 N–H and O–H groups in total. The lowest BCUT2D eigenvalue weighted by atomic mass is 10.1. The number of nitrogens with two attached hydrogens (primary N) is 1. The molecule has 80 valence electrons. The minimum absolute atomic E-state index is 0.497. The molecule has 0 atom stereocenters. The van der Waals surface area contributed by atoms with Crippen LogP contribution in [0.25, 0.3) is 0 Å². The first kappa shape index (κ1) is 11.9. The summed E-state index contributed by atoms with van der Waals surface area (Å²) in [5.74, 6) is -0.743. The third-order valence-electron chi connectivity index (χ3n) is 2.08. The van der Waals surface area contributed by atoms with Crippen LogP contribution >= 0.6 is 22.9 Å². The summed E-state index contributed by atoms with van der Waals surface area (Å²) in [6.07, 6.45) is 0.608. The molecule has 0 amide bonds. The Morgan fingerprint density at radius 2 is 2.07 bits per heavy atom. The standard InChI is InChI=1S/C9H14ClNO2S/c1-12-9(13-2,5-6-11)7-3-4-8(10)14-7/h3-4H,5-6,11H2,1-2H3. The Balaban J connectivity index is 2.97. The molecule has 5 heteroatoms. The van der Waals surface area contributed by atoms with Crippen molar-refractivity contribution in [2.45, 2.75) is 12.2 Å². The van der Waals surface area contributed by atoms with Crippen molar-refractivity contribution >= 4 is 22.9 Å². The SMILES string of the molecule is COC(CCN)(OC)c1ccc(Cl)s1. The summed E-state index contributed by atoms with van der Waals surface area (Å²) in [5.41, 5.74) is 5.52. The number of thiophene rings is 1. The van der Waals surface area contributed by atoms with Gasteiger partial charge >= 0.3 is 0 Å². The molecular weight excluding hydrogens is 222 g/mol. The topological polar surface area (TPSA) is 44.5 Å². The Morgan fingerprint density at radius 1 is 1.43 bits per heavy atom. The van der Waals surface area contributed by atoms with E-state index in [0.717, 1.165) is 9.21 Å². The number of rotatable bonds is 5. The summed E-state index contributed by atoms with van der Waals surface area (Å²) in [6, 6.07) is 3.72. The van der Waals surface area contributed by atoms with Gasteiger partial charge in [0.2, 0.25) is 5.79 Å². The summed E-state index contributed by atoms with van der Waals surface area (Å²) in [4.78, 5) is 0.943. The van der Waals surface area contributed by atoms with Gasteiger partial charge in [0, 0.05) is 20.6 Å². The molecule has 1 heterocycles. The molecule has 0 radical (unpaired) electrons. The number of methoxy groups -OCH3 is 2. The van der Waals surface area contributed by atoms with Crippen molar-refractivity contribution in [1.29, 1.82) is 0 Å². The fourth-order valence-electron chi connectivity index (χ4n) is 1.32. The van der Waals surface area contributed by atoms with E-state index in [2.05, 4.69) is 0 Å². The van der Waals surface area contributed by atoms with Crippen LogP contribution in [0.2, 0.25) is 4.34 Å². The summed E-state index contributed by atoms with van der Waals surface area (Å²) >= 11 is 7.30. The van der Waals surface area contributed by atoms with Gasteiger partial charge in [-0.25, -0.2) is 0 Å². The smallest absolute Gasteiger partial charge is 0.205 e. The number of halogens is 1. The van der Waals surface area contributed by atoms with Gasteiger partial charge in [0.25, 0.3) is 0 Å². The van der Waals surface area contributed by atoms with E-state index in [4.69, 9.17) is 26.8 Å². The average Bonchev–Trinajstić information content (AvgIpc) is 2.62. The molecule has 0 aromatic carbocycles. The van der Waals surface area contributed by atoms with Crippen LogP contribution in [0.4, 0.5) is 0 Å². The highest BCUT2D eigenvalue weighted by atomic mass is 35.5. The Morgan fingerprint density at radius 3 is 2.43 bits per heavy atom. The lowest BCUT2D eigenvalue weighted by Gasteiger charge is -2.29. The van der Waals surface area contributed by atoms with Gasteiger partial charge in [-0.2, -0.15) is 0 Å². The van der Waals surface area contributed by atoms with Crippen molar-refractivity contribution < 1.29 is 9.47 Å². The first-order valence-corrected chi connectivity index (χ1v) is 5.44. The molecule has 0 fully saturated rings. The van der Waals surface area contributed by atoms with Crippen molar-refractivity contribution in [1.82, 2.24) is 0 Å². The van der Waals surface area contributed by atoms with Gasteiger partial charge in [-0.1, -0.05) is 11.6 Å². The minimum atomic E-state index is -0.743. The van der Waals surface area contributed by atoms with Crippen molar-refractivity contribution in [3.63, 3.8) is 0 Å². The molecule has 0 spiro atoms. The van der Waals surface area contributed by atoms with Crippen molar-refractivity contribution in [2.24, 2.45) is 5.73 Å². The summed E-state index contributed by atoms with van der Waals surface area (Å²) in [7, 11) is 3.21. The molecule has 0 aliphatic carbocycles. The molecule has 0 bridgehead atoms. The zero-order chi connectivity index (χ0) is 10.6. The Hall–Kier alpha value is -0.130. The third-order valence-corrected chi connectivity index (χ3v) is 3.44. The van der Waals surface area contributed by atoms with E-state index < -0.39 is 5.79 Å². The third kappa shape index (κ3) is 2.27. The first-order valence-electron chi connectivity index (χ1n) is 4.24. The van der Waals surface area contributed by atoms with Gasteiger partial charge in [0.15, 0.2) is 0 Å². The second-order valence-corrected chi connectivity index (χ2v) is 4.52. The maximum absolute atomic E-state index is 5.86. The monoisotopic (exact) mass is 235 g/mol. The normalized spacial score (nSPS) is 12.0. The van der Waals surface area contributed by atoms with E-state index in [9.17, 15) is 0 Å². The maximum Gasteiger partial charge on any atom is 0.205 e. The minimum Gasteiger partial charge on any atom is -0.349 e. The predicted octanol–water partition coefficient (Wildman–Crippen LogP) is 2.20. The quantitative estimate of drug-likeness (QED) is 0.796. The van der Waals surface area contributed by atoms with Crippen LogP contribution in [0, 0.1) is 0 Å². The number of hydrogen-bond donors (Lipinski definition) is 1. The molecule has 0 unspecified atom stereocenters. The molecule has 1 aromatic rings. The largest absolute Gasteiger partial charge is 0.349 e. The number of hydrogen-bond acceptors (Lipinski definition) is 4. The molecule has 3 nitrogen and oxygen atoms in total. The van der Waals surface area contributed by atoms with E-state index in [0.29, 0.717) is 13.0 Å². The van der Waals surface area contributed by atoms with Crippen LogP contribution in [-0.4, -0.2) is 20.8 Å².